The topological polar surface area (TPSA) is 78.5 Å². The lowest BCUT2D eigenvalue weighted by atomic mass is 9.96. The molecule has 3 aliphatic heterocycles. The average molecular weight is 364 g/mol. The maximum Gasteiger partial charge on any atom is 0.255 e. The fraction of sp³-hybridized carbons (Fsp3) is 0.500. The minimum atomic E-state index is -0.537. The minimum absolute atomic E-state index is 0. The van der Waals surface area contributed by atoms with Gasteiger partial charge in [0, 0.05) is 18.5 Å². The molecule has 0 bridgehead atoms. The van der Waals surface area contributed by atoms with Gasteiger partial charge in [0.2, 0.25) is 11.8 Å². The lowest BCUT2D eigenvalue weighted by molar-refractivity contribution is -0.136. The minimum Gasteiger partial charge on any atom is -0.322 e. The second-order valence-electron chi connectivity index (χ2n) is 6.95. The Labute approximate surface area is 152 Å². The van der Waals surface area contributed by atoms with E-state index in [1.165, 1.54) is 12.0 Å². The summed E-state index contributed by atoms with van der Waals surface area (Å²) in [5, 5.41) is 5.71. The van der Waals surface area contributed by atoms with Gasteiger partial charge >= 0.3 is 0 Å². The van der Waals surface area contributed by atoms with E-state index in [-0.39, 0.29) is 36.5 Å². The number of benzene rings is 1. The lowest BCUT2D eigenvalue weighted by Gasteiger charge is -2.29. The Morgan fingerprint density at radius 1 is 1.16 bits per heavy atom. The highest BCUT2D eigenvalue weighted by Crippen LogP contribution is 2.29. The van der Waals surface area contributed by atoms with Crippen molar-refractivity contribution in [2.75, 3.05) is 13.1 Å². The molecule has 4 rings (SSSR count). The van der Waals surface area contributed by atoms with Crippen LogP contribution in [0.2, 0.25) is 0 Å². The zero-order chi connectivity index (χ0) is 16.7. The summed E-state index contributed by atoms with van der Waals surface area (Å²) in [6, 6.07) is 5.49. The van der Waals surface area contributed by atoms with E-state index in [4.69, 9.17) is 0 Å². The van der Waals surface area contributed by atoms with E-state index in [9.17, 15) is 14.4 Å². The molecule has 1 aromatic rings. The number of hydrogen-bond donors (Lipinski definition) is 2. The fourth-order valence-corrected chi connectivity index (χ4v) is 3.98. The normalized spacial score (nSPS) is 25.6. The summed E-state index contributed by atoms with van der Waals surface area (Å²) < 4.78 is 0. The number of carbonyl (C=O) groups is 3. The monoisotopic (exact) mass is 363 g/mol. The van der Waals surface area contributed by atoms with Gasteiger partial charge in [0.15, 0.2) is 0 Å². The molecule has 6 nitrogen and oxygen atoms in total. The van der Waals surface area contributed by atoms with Crippen LogP contribution in [0.1, 0.15) is 40.7 Å². The van der Waals surface area contributed by atoms with E-state index in [2.05, 4.69) is 16.7 Å². The average Bonchev–Trinajstić information content (AvgIpc) is 3.16. The summed E-state index contributed by atoms with van der Waals surface area (Å²) in [6.07, 6.45) is 2.91. The van der Waals surface area contributed by atoms with Gasteiger partial charge in [-0.05, 0) is 55.5 Å². The van der Waals surface area contributed by atoms with E-state index in [0.29, 0.717) is 24.4 Å². The predicted molar refractivity (Wildman–Crippen MR) is 94.4 cm³/mol. The maximum absolute atomic E-state index is 12.6. The molecular weight excluding hydrogens is 342 g/mol. The molecule has 2 saturated heterocycles. The zero-order valence-corrected chi connectivity index (χ0v) is 14.7. The van der Waals surface area contributed by atoms with Crippen molar-refractivity contribution in [2.24, 2.45) is 5.92 Å². The lowest BCUT2D eigenvalue weighted by Crippen LogP contribution is -2.52. The van der Waals surface area contributed by atoms with Crippen molar-refractivity contribution in [1.29, 1.82) is 0 Å². The van der Waals surface area contributed by atoms with E-state index in [1.54, 1.807) is 4.90 Å². The van der Waals surface area contributed by atoms with Crippen LogP contribution >= 0.6 is 12.4 Å². The quantitative estimate of drug-likeness (QED) is 0.786. The Morgan fingerprint density at radius 2 is 2.00 bits per heavy atom. The van der Waals surface area contributed by atoms with E-state index in [1.807, 2.05) is 12.1 Å². The molecule has 2 fully saturated rings. The molecule has 0 saturated carbocycles. The number of carbonyl (C=O) groups excluding carboxylic acids is 3. The third-order valence-electron chi connectivity index (χ3n) is 5.27. The smallest absolute Gasteiger partial charge is 0.255 e. The third-order valence-corrected chi connectivity index (χ3v) is 5.27. The molecule has 3 aliphatic rings. The number of nitrogens with zero attached hydrogens (tertiary/aromatic N) is 1. The first-order valence-corrected chi connectivity index (χ1v) is 8.59. The first-order valence-electron chi connectivity index (χ1n) is 8.59. The highest BCUT2D eigenvalue weighted by molar-refractivity contribution is 6.05. The van der Waals surface area contributed by atoms with E-state index in [0.717, 1.165) is 25.1 Å². The molecule has 0 aliphatic carbocycles. The first-order chi connectivity index (χ1) is 11.6. The molecule has 1 unspecified atom stereocenters. The van der Waals surface area contributed by atoms with Crippen LogP contribution in [0.25, 0.3) is 0 Å². The van der Waals surface area contributed by atoms with Crippen molar-refractivity contribution in [3.63, 3.8) is 0 Å². The van der Waals surface area contributed by atoms with Crippen LogP contribution in [0, 0.1) is 5.92 Å². The first kappa shape index (κ1) is 17.9. The SMILES string of the molecule is Cl.O=C1CCC(N2Cc3cc(C[C@@H]4CCNC4)ccc3C2=O)C(=O)N1. The van der Waals surface area contributed by atoms with E-state index >= 15 is 0 Å². The van der Waals surface area contributed by atoms with Crippen LogP contribution in [-0.4, -0.2) is 41.8 Å². The number of imide groups is 1. The van der Waals surface area contributed by atoms with Gasteiger partial charge in [-0.25, -0.2) is 0 Å². The molecule has 0 aromatic heterocycles. The molecule has 25 heavy (non-hydrogen) atoms. The van der Waals surface area contributed by atoms with Crippen LogP contribution in [0.3, 0.4) is 0 Å². The Hall–Kier alpha value is -1.92. The van der Waals surface area contributed by atoms with Crippen LogP contribution in [0.15, 0.2) is 18.2 Å². The number of halogens is 1. The molecule has 134 valence electrons. The Bertz CT molecular complexity index is 716. The fourth-order valence-electron chi connectivity index (χ4n) is 3.98. The summed E-state index contributed by atoms with van der Waals surface area (Å²) in [5.41, 5.74) is 2.93. The highest BCUT2D eigenvalue weighted by Gasteiger charge is 2.39. The highest BCUT2D eigenvalue weighted by atomic mass is 35.5. The maximum atomic E-state index is 12.6. The molecule has 0 spiro atoms. The zero-order valence-electron chi connectivity index (χ0n) is 13.9. The van der Waals surface area contributed by atoms with Crippen molar-refractivity contribution in [2.45, 2.75) is 38.3 Å². The molecule has 2 N–H and O–H groups in total. The molecular formula is C18H22ClN3O3. The van der Waals surface area contributed by atoms with E-state index < -0.39 is 6.04 Å². The number of rotatable bonds is 3. The predicted octanol–water partition coefficient (Wildman–Crippen LogP) is 1.02. The summed E-state index contributed by atoms with van der Waals surface area (Å²) in [4.78, 5) is 37.6. The number of nitrogens with one attached hydrogen (secondary N) is 2. The standard InChI is InChI=1S/C18H21N3O3.ClH/c22-16-4-3-15(17(23)20-16)21-10-13-8-11(1-2-14(13)18(21)24)7-12-5-6-19-9-12;/h1-2,8,12,15,19H,3-7,9-10H2,(H,20,22,23);1H/t12-,15?;/m0./s1. The van der Waals surface area contributed by atoms with Crippen molar-refractivity contribution >= 4 is 30.1 Å². The van der Waals surface area contributed by atoms with Gasteiger partial charge in [0.25, 0.3) is 5.91 Å². The van der Waals surface area contributed by atoms with Gasteiger partial charge in [-0.1, -0.05) is 12.1 Å². The van der Waals surface area contributed by atoms with Crippen LogP contribution in [-0.2, 0) is 22.6 Å². The van der Waals surface area contributed by atoms with Crippen molar-refractivity contribution < 1.29 is 14.4 Å². The molecule has 0 radical (unpaired) electrons. The number of fused-ring (bicyclic) bond motifs is 1. The van der Waals surface area contributed by atoms with Gasteiger partial charge in [-0.3, -0.25) is 19.7 Å². The van der Waals surface area contributed by atoms with Crippen molar-refractivity contribution in [3.8, 4) is 0 Å². The molecule has 3 heterocycles. The van der Waals surface area contributed by atoms with Gasteiger partial charge in [-0.2, -0.15) is 0 Å². The second-order valence-corrected chi connectivity index (χ2v) is 6.95. The van der Waals surface area contributed by atoms with Gasteiger partial charge in [-0.15, -0.1) is 12.4 Å². The molecule has 7 heteroatoms. The summed E-state index contributed by atoms with van der Waals surface area (Å²) >= 11 is 0. The second kappa shape index (κ2) is 7.14. The summed E-state index contributed by atoms with van der Waals surface area (Å²) in [7, 11) is 0. The van der Waals surface area contributed by atoms with Crippen molar-refractivity contribution in [1.82, 2.24) is 15.5 Å². The summed E-state index contributed by atoms with van der Waals surface area (Å²) in [6.45, 7) is 2.59. The summed E-state index contributed by atoms with van der Waals surface area (Å²) in [5.74, 6) is -0.0579. The van der Waals surface area contributed by atoms with Gasteiger partial charge in [0.1, 0.15) is 6.04 Å². The number of piperidine rings is 1. The third kappa shape index (κ3) is 3.41. The van der Waals surface area contributed by atoms with Crippen LogP contribution in [0.5, 0.6) is 0 Å². The van der Waals surface area contributed by atoms with Gasteiger partial charge < -0.3 is 10.2 Å². The molecule has 3 amide bonds. The largest absolute Gasteiger partial charge is 0.322 e. The van der Waals surface area contributed by atoms with Gasteiger partial charge in [0.05, 0.1) is 0 Å². The van der Waals surface area contributed by atoms with Crippen molar-refractivity contribution in [3.05, 3.63) is 34.9 Å². The Kier molecular flexibility index (Phi) is 5.11. The number of amides is 3. The Morgan fingerprint density at radius 3 is 2.72 bits per heavy atom. The molecule has 1 aromatic carbocycles. The van der Waals surface area contributed by atoms with Crippen LogP contribution in [0.4, 0.5) is 0 Å². The molecule has 2 atom stereocenters. The Balaban J connectivity index is 0.00000182. The van der Waals surface area contributed by atoms with Crippen LogP contribution < -0.4 is 10.6 Å². The number of hydrogen-bond acceptors (Lipinski definition) is 4.